The van der Waals surface area contributed by atoms with Gasteiger partial charge in [-0.25, -0.2) is 0 Å². The van der Waals surface area contributed by atoms with E-state index in [0.29, 0.717) is 29.9 Å². The molecule has 0 aliphatic rings. The Morgan fingerprint density at radius 3 is 1.75 bits per heavy atom. The van der Waals surface area contributed by atoms with Crippen LogP contribution in [0.1, 0.15) is 47.4 Å². The fraction of sp³-hybridized carbons (Fsp3) is 0.318. The number of carbonyl (C=O) groups is 3. The lowest BCUT2D eigenvalue weighted by Crippen LogP contribution is -2.34. The Morgan fingerprint density at radius 1 is 0.750 bits per heavy atom. The molecule has 148 valence electrons. The SMILES string of the molecule is CCC(CC)C(=O)Nc1ccc(C(=O)NCCNC(=O)c2ccccc2)cc1. The summed E-state index contributed by atoms with van der Waals surface area (Å²) in [5.74, 6) is -0.412. The smallest absolute Gasteiger partial charge is 0.251 e. The van der Waals surface area contributed by atoms with Crippen LogP contribution >= 0.6 is 0 Å². The highest BCUT2D eigenvalue weighted by molar-refractivity contribution is 5.96. The van der Waals surface area contributed by atoms with E-state index in [4.69, 9.17) is 0 Å². The lowest BCUT2D eigenvalue weighted by molar-refractivity contribution is -0.120. The van der Waals surface area contributed by atoms with E-state index in [1.165, 1.54) is 0 Å². The minimum Gasteiger partial charge on any atom is -0.350 e. The van der Waals surface area contributed by atoms with Gasteiger partial charge in [0.1, 0.15) is 0 Å². The third-order valence-corrected chi connectivity index (χ3v) is 4.50. The van der Waals surface area contributed by atoms with E-state index in [-0.39, 0.29) is 23.6 Å². The number of hydrogen-bond donors (Lipinski definition) is 3. The van der Waals surface area contributed by atoms with Crippen LogP contribution in [0.2, 0.25) is 0 Å². The Kier molecular flexibility index (Phi) is 8.21. The molecule has 0 saturated carbocycles. The number of hydrogen-bond acceptors (Lipinski definition) is 3. The van der Waals surface area contributed by atoms with E-state index in [0.717, 1.165) is 12.8 Å². The molecule has 0 heterocycles. The Bertz CT molecular complexity index is 784. The van der Waals surface area contributed by atoms with Crippen LogP contribution in [-0.4, -0.2) is 30.8 Å². The number of anilines is 1. The molecule has 2 aromatic carbocycles. The van der Waals surface area contributed by atoms with E-state index in [1.54, 1.807) is 48.5 Å². The molecule has 0 bridgehead atoms. The molecule has 28 heavy (non-hydrogen) atoms. The highest BCUT2D eigenvalue weighted by Gasteiger charge is 2.14. The minimum atomic E-state index is -0.230. The lowest BCUT2D eigenvalue weighted by Gasteiger charge is -2.13. The van der Waals surface area contributed by atoms with Gasteiger partial charge in [0.25, 0.3) is 11.8 Å². The van der Waals surface area contributed by atoms with Gasteiger partial charge >= 0.3 is 0 Å². The Hall–Kier alpha value is -3.15. The second-order valence-corrected chi connectivity index (χ2v) is 6.46. The van der Waals surface area contributed by atoms with E-state index >= 15 is 0 Å². The average Bonchev–Trinajstić information content (AvgIpc) is 2.73. The van der Waals surface area contributed by atoms with Crippen LogP contribution in [-0.2, 0) is 4.79 Å². The van der Waals surface area contributed by atoms with Gasteiger partial charge in [-0.15, -0.1) is 0 Å². The van der Waals surface area contributed by atoms with Crippen molar-refractivity contribution in [2.45, 2.75) is 26.7 Å². The van der Waals surface area contributed by atoms with Gasteiger partial charge < -0.3 is 16.0 Å². The average molecular weight is 381 g/mol. The van der Waals surface area contributed by atoms with Crippen LogP contribution in [0, 0.1) is 5.92 Å². The molecule has 0 atom stereocenters. The second-order valence-electron chi connectivity index (χ2n) is 6.46. The second kappa shape index (κ2) is 10.9. The van der Waals surface area contributed by atoms with Crippen LogP contribution in [0.15, 0.2) is 54.6 Å². The van der Waals surface area contributed by atoms with Gasteiger partial charge in [0.2, 0.25) is 5.91 Å². The van der Waals surface area contributed by atoms with Crippen LogP contribution in [0.25, 0.3) is 0 Å². The Morgan fingerprint density at radius 2 is 1.25 bits per heavy atom. The number of carbonyl (C=O) groups excluding carboxylic acids is 3. The first-order valence-corrected chi connectivity index (χ1v) is 9.57. The molecule has 2 aromatic rings. The summed E-state index contributed by atoms with van der Waals surface area (Å²) in [6.45, 7) is 4.64. The topological polar surface area (TPSA) is 87.3 Å². The maximum Gasteiger partial charge on any atom is 0.251 e. The van der Waals surface area contributed by atoms with Crippen LogP contribution in [0.5, 0.6) is 0 Å². The first kappa shape index (κ1) is 21.2. The minimum absolute atomic E-state index is 0.00337. The Balaban J connectivity index is 1.76. The van der Waals surface area contributed by atoms with E-state index in [2.05, 4.69) is 16.0 Å². The van der Waals surface area contributed by atoms with Crippen LogP contribution in [0.4, 0.5) is 5.69 Å². The van der Waals surface area contributed by atoms with Crippen molar-refractivity contribution >= 4 is 23.4 Å². The summed E-state index contributed by atoms with van der Waals surface area (Å²) in [7, 11) is 0. The quantitative estimate of drug-likeness (QED) is 0.583. The highest BCUT2D eigenvalue weighted by atomic mass is 16.2. The van der Waals surface area contributed by atoms with Crippen molar-refractivity contribution in [2.24, 2.45) is 5.92 Å². The van der Waals surface area contributed by atoms with Gasteiger partial charge in [0.15, 0.2) is 0 Å². The number of rotatable bonds is 9. The molecule has 6 heteroatoms. The summed E-state index contributed by atoms with van der Waals surface area (Å²) in [5.41, 5.74) is 1.75. The summed E-state index contributed by atoms with van der Waals surface area (Å²) in [6, 6.07) is 15.7. The standard InChI is InChI=1S/C22H27N3O3/c1-3-16(4-2)22(28)25-19-12-10-18(11-13-19)21(27)24-15-14-23-20(26)17-8-6-5-7-9-17/h5-13,16H,3-4,14-15H2,1-2H3,(H,23,26)(H,24,27)(H,25,28). The first-order valence-electron chi connectivity index (χ1n) is 9.57. The molecule has 0 unspecified atom stereocenters. The third kappa shape index (κ3) is 6.23. The summed E-state index contributed by atoms with van der Waals surface area (Å²) in [5, 5.41) is 8.39. The van der Waals surface area contributed by atoms with Crippen molar-refractivity contribution in [2.75, 3.05) is 18.4 Å². The third-order valence-electron chi connectivity index (χ3n) is 4.50. The molecule has 0 aliphatic heterocycles. The molecular weight excluding hydrogens is 354 g/mol. The van der Waals surface area contributed by atoms with E-state index < -0.39 is 0 Å². The van der Waals surface area contributed by atoms with Gasteiger partial charge in [-0.3, -0.25) is 14.4 Å². The normalized spacial score (nSPS) is 10.4. The molecular formula is C22H27N3O3. The maximum atomic E-state index is 12.2. The molecule has 0 radical (unpaired) electrons. The maximum absolute atomic E-state index is 12.2. The van der Waals surface area contributed by atoms with Crippen molar-refractivity contribution in [3.8, 4) is 0 Å². The van der Waals surface area contributed by atoms with Crippen molar-refractivity contribution in [1.29, 1.82) is 0 Å². The van der Waals surface area contributed by atoms with Crippen molar-refractivity contribution in [3.05, 3.63) is 65.7 Å². The zero-order valence-electron chi connectivity index (χ0n) is 16.3. The Labute approximate surface area is 165 Å². The molecule has 3 amide bonds. The number of amides is 3. The predicted molar refractivity (Wildman–Crippen MR) is 110 cm³/mol. The van der Waals surface area contributed by atoms with Crippen LogP contribution < -0.4 is 16.0 Å². The molecule has 0 saturated heterocycles. The van der Waals surface area contributed by atoms with E-state index in [1.807, 2.05) is 19.9 Å². The van der Waals surface area contributed by atoms with Gasteiger partial charge in [-0.2, -0.15) is 0 Å². The summed E-state index contributed by atoms with van der Waals surface area (Å²) >= 11 is 0. The van der Waals surface area contributed by atoms with Gasteiger partial charge in [-0.1, -0.05) is 32.0 Å². The molecule has 2 rings (SSSR count). The van der Waals surface area contributed by atoms with Gasteiger partial charge in [0, 0.05) is 35.8 Å². The molecule has 0 fully saturated rings. The summed E-state index contributed by atoms with van der Waals surface area (Å²) in [4.78, 5) is 36.2. The lowest BCUT2D eigenvalue weighted by atomic mass is 10.0. The molecule has 3 N–H and O–H groups in total. The number of nitrogens with one attached hydrogen (secondary N) is 3. The van der Waals surface area contributed by atoms with Crippen molar-refractivity contribution < 1.29 is 14.4 Å². The zero-order chi connectivity index (χ0) is 20.4. The zero-order valence-corrected chi connectivity index (χ0v) is 16.3. The number of benzene rings is 2. The fourth-order valence-electron chi connectivity index (χ4n) is 2.75. The van der Waals surface area contributed by atoms with Gasteiger partial charge in [-0.05, 0) is 49.2 Å². The fourth-order valence-corrected chi connectivity index (χ4v) is 2.75. The van der Waals surface area contributed by atoms with Crippen molar-refractivity contribution in [3.63, 3.8) is 0 Å². The first-order chi connectivity index (χ1) is 13.5. The molecule has 6 nitrogen and oxygen atoms in total. The molecule has 0 aromatic heterocycles. The van der Waals surface area contributed by atoms with Crippen molar-refractivity contribution in [1.82, 2.24) is 10.6 Å². The predicted octanol–water partition coefficient (Wildman–Crippen LogP) is 3.22. The highest BCUT2D eigenvalue weighted by Crippen LogP contribution is 2.14. The van der Waals surface area contributed by atoms with Gasteiger partial charge in [0.05, 0.1) is 0 Å². The summed E-state index contributed by atoms with van der Waals surface area (Å²) < 4.78 is 0. The summed E-state index contributed by atoms with van der Waals surface area (Å²) in [6.07, 6.45) is 1.59. The van der Waals surface area contributed by atoms with Crippen LogP contribution in [0.3, 0.4) is 0 Å². The largest absolute Gasteiger partial charge is 0.350 e. The molecule has 0 spiro atoms. The molecule has 0 aliphatic carbocycles. The van der Waals surface area contributed by atoms with E-state index in [9.17, 15) is 14.4 Å². The monoisotopic (exact) mass is 381 g/mol.